The Morgan fingerprint density at radius 3 is 2.48 bits per heavy atom. The third kappa shape index (κ3) is 4.38. The molecule has 146 valence electrons. The smallest absolute Gasteiger partial charge is 0.196 e. The summed E-state index contributed by atoms with van der Waals surface area (Å²) in [6.45, 7) is 2.03. The standard InChI is InChI=1S/C23H19F2N3S/c1-16-7-5-11-19(13-16)28-21(14-17-8-3-2-4-9-17)26-27-23(28)29-15-18-10-6-12-20(24)22(18)25/h2-13H,14-15H2,1H3. The van der Waals surface area contributed by atoms with Gasteiger partial charge in [0.2, 0.25) is 0 Å². The minimum Gasteiger partial charge on any atom is -0.274 e. The number of hydrogen-bond acceptors (Lipinski definition) is 3. The molecule has 0 N–H and O–H groups in total. The second kappa shape index (κ2) is 8.57. The highest BCUT2D eigenvalue weighted by Crippen LogP contribution is 2.28. The highest BCUT2D eigenvalue weighted by Gasteiger charge is 2.16. The zero-order valence-corrected chi connectivity index (χ0v) is 16.7. The third-order valence-electron chi connectivity index (χ3n) is 4.55. The maximum absolute atomic E-state index is 14.0. The summed E-state index contributed by atoms with van der Waals surface area (Å²) in [5.41, 5.74) is 3.50. The van der Waals surface area contributed by atoms with Crippen molar-refractivity contribution in [2.24, 2.45) is 0 Å². The molecule has 4 rings (SSSR count). The molecule has 4 aromatic rings. The molecule has 0 spiro atoms. The monoisotopic (exact) mass is 407 g/mol. The molecular weight excluding hydrogens is 388 g/mol. The molecule has 0 radical (unpaired) electrons. The number of thioether (sulfide) groups is 1. The predicted octanol–water partition coefficient (Wildman–Crippen LogP) is 5.74. The molecule has 0 saturated heterocycles. The highest BCUT2D eigenvalue weighted by atomic mass is 32.2. The van der Waals surface area contributed by atoms with Gasteiger partial charge in [-0.15, -0.1) is 10.2 Å². The van der Waals surface area contributed by atoms with Crippen molar-refractivity contribution in [2.45, 2.75) is 24.3 Å². The van der Waals surface area contributed by atoms with Crippen LogP contribution in [0.2, 0.25) is 0 Å². The summed E-state index contributed by atoms with van der Waals surface area (Å²) in [6.07, 6.45) is 0.622. The van der Waals surface area contributed by atoms with Gasteiger partial charge < -0.3 is 0 Å². The van der Waals surface area contributed by atoms with Crippen molar-refractivity contribution in [1.29, 1.82) is 0 Å². The molecule has 6 heteroatoms. The molecule has 3 aromatic carbocycles. The van der Waals surface area contributed by atoms with Crippen LogP contribution in [0.25, 0.3) is 5.69 Å². The predicted molar refractivity (Wildman–Crippen MR) is 111 cm³/mol. The van der Waals surface area contributed by atoms with Crippen LogP contribution in [0.15, 0.2) is 78.0 Å². The molecule has 0 aliphatic rings. The van der Waals surface area contributed by atoms with Gasteiger partial charge in [-0.25, -0.2) is 8.78 Å². The lowest BCUT2D eigenvalue weighted by molar-refractivity contribution is 0.502. The molecule has 0 aliphatic carbocycles. The second-order valence-corrected chi connectivity index (χ2v) is 7.68. The van der Waals surface area contributed by atoms with Crippen LogP contribution in [0.5, 0.6) is 0 Å². The van der Waals surface area contributed by atoms with Crippen LogP contribution in [-0.4, -0.2) is 14.8 Å². The van der Waals surface area contributed by atoms with E-state index >= 15 is 0 Å². The fourth-order valence-electron chi connectivity index (χ4n) is 3.12. The number of rotatable bonds is 6. The quantitative estimate of drug-likeness (QED) is 0.382. The topological polar surface area (TPSA) is 30.7 Å². The number of aromatic nitrogens is 3. The number of benzene rings is 3. The Balaban J connectivity index is 1.69. The van der Waals surface area contributed by atoms with Crippen molar-refractivity contribution in [3.63, 3.8) is 0 Å². The van der Waals surface area contributed by atoms with Crippen molar-refractivity contribution < 1.29 is 8.78 Å². The summed E-state index contributed by atoms with van der Waals surface area (Å²) in [7, 11) is 0. The fourth-order valence-corrected chi connectivity index (χ4v) is 4.06. The van der Waals surface area contributed by atoms with Gasteiger partial charge in [0, 0.05) is 23.4 Å². The van der Waals surface area contributed by atoms with Crippen LogP contribution in [0.4, 0.5) is 8.78 Å². The van der Waals surface area contributed by atoms with E-state index in [1.807, 2.05) is 60.0 Å². The lowest BCUT2D eigenvalue weighted by Crippen LogP contribution is -2.04. The fraction of sp³-hybridized carbons (Fsp3) is 0.130. The lowest BCUT2D eigenvalue weighted by Gasteiger charge is -2.11. The number of aryl methyl sites for hydroxylation is 1. The largest absolute Gasteiger partial charge is 0.274 e. The van der Waals surface area contributed by atoms with Gasteiger partial charge in [0.15, 0.2) is 16.8 Å². The Morgan fingerprint density at radius 1 is 0.897 bits per heavy atom. The van der Waals surface area contributed by atoms with E-state index in [1.54, 1.807) is 6.07 Å². The maximum Gasteiger partial charge on any atom is 0.196 e. The minimum atomic E-state index is -0.840. The van der Waals surface area contributed by atoms with E-state index in [-0.39, 0.29) is 5.75 Å². The van der Waals surface area contributed by atoms with E-state index in [0.717, 1.165) is 28.7 Å². The molecule has 1 heterocycles. The zero-order valence-electron chi connectivity index (χ0n) is 15.8. The average Bonchev–Trinajstić information content (AvgIpc) is 3.12. The van der Waals surface area contributed by atoms with Crippen molar-refractivity contribution in [3.8, 4) is 5.69 Å². The van der Waals surface area contributed by atoms with Gasteiger partial charge in [-0.2, -0.15) is 0 Å². The van der Waals surface area contributed by atoms with Crippen LogP contribution >= 0.6 is 11.8 Å². The van der Waals surface area contributed by atoms with Gasteiger partial charge in [-0.3, -0.25) is 4.57 Å². The first-order chi connectivity index (χ1) is 14.1. The SMILES string of the molecule is Cc1cccc(-n2c(Cc3ccccc3)nnc2SCc2cccc(F)c2F)c1. The van der Waals surface area contributed by atoms with Gasteiger partial charge in [-0.1, -0.05) is 66.4 Å². The normalized spacial score (nSPS) is 11.0. The van der Waals surface area contributed by atoms with Gasteiger partial charge in [0.1, 0.15) is 5.82 Å². The molecular formula is C23H19F2N3S. The zero-order chi connectivity index (χ0) is 20.2. The van der Waals surface area contributed by atoms with Crippen molar-refractivity contribution >= 4 is 11.8 Å². The molecule has 0 amide bonds. The van der Waals surface area contributed by atoms with Gasteiger partial charge >= 0.3 is 0 Å². The van der Waals surface area contributed by atoms with E-state index < -0.39 is 11.6 Å². The number of hydrogen-bond donors (Lipinski definition) is 0. The van der Waals surface area contributed by atoms with Crippen LogP contribution in [-0.2, 0) is 12.2 Å². The summed E-state index contributed by atoms with van der Waals surface area (Å²) >= 11 is 1.34. The molecule has 3 nitrogen and oxygen atoms in total. The Bertz CT molecular complexity index is 1130. The molecule has 0 bridgehead atoms. The summed E-state index contributed by atoms with van der Waals surface area (Å²) < 4.78 is 29.6. The van der Waals surface area contributed by atoms with Crippen LogP contribution < -0.4 is 0 Å². The molecule has 0 aliphatic heterocycles. The summed E-state index contributed by atoms with van der Waals surface area (Å²) in [5, 5.41) is 9.38. The van der Waals surface area contributed by atoms with E-state index in [4.69, 9.17) is 0 Å². The first kappa shape index (κ1) is 19.3. The van der Waals surface area contributed by atoms with E-state index in [1.165, 1.54) is 17.8 Å². The Kier molecular flexibility index (Phi) is 5.71. The van der Waals surface area contributed by atoms with Crippen molar-refractivity contribution in [3.05, 3.63) is 107 Å². The van der Waals surface area contributed by atoms with Crippen LogP contribution in [0.1, 0.15) is 22.5 Å². The third-order valence-corrected chi connectivity index (χ3v) is 5.53. The molecule has 29 heavy (non-hydrogen) atoms. The molecule has 0 unspecified atom stereocenters. The lowest BCUT2D eigenvalue weighted by atomic mass is 10.1. The summed E-state index contributed by atoms with van der Waals surface area (Å²) in [5.74, 6) is -0.595. The summed E-state index contributed by atoms with van der Waals surface area (Å²) in [6, 6.07) is 22.3. The van der Waals surface area contributed by atoms with Gasteiger partial charge in [-0.05, 0) is 36.2 Å². The van der Waals surface area contributed by atoms with E-state index in [2.05, 4.69) is 16.3 Å². The van der Waals surface area contributed by atoms with Gasteiger partial charge in [0.05, 0.1) is 0 Å². The minimum absolute atomic E-state index is 0.263. The molecule has 0 saturated carbocycles. The van der Waals surface area contributed by atoms with Crippen molar-refractivity contribution in [2.75, 3.05) is 0 Å². The second-order valence-electron chi connectivity index (χ2n) is 6.74. The van der Waals surface area contributed by atoms with Crippen molar-refractivity contribution in [1.82, 2.24) is 14.8 Å². The van der Waals surface area contributed by atoms with Gasteiger partial charge in [0.25, 0.3) is 0 Å². The summed E-state index contributed by atoms with van der Waals surface area (Å²) in [4.78, 5) is 0. The van der Waals surface area contributed by atoms with Crippen LogP contribution in [0.3, 0.4) is 0 Å². The van der Waals surface area contributed by atoms with E-state index in [9.17, 15) is 8.78 Å². The number of halogens is 2. The first-order valence-corrected chi connectivity index (χ1v) is 10.2. The first-order valence-electron chi connectivity index (χ1n) is 9.23. The molecule has 1 aromatic heterocycles. The Hall–Kier alpha value is -2.99. The Labute approximate surface area is 172 Å². The van der Waals surface area contributed by atoms with Crippen LogP contribution in [0, 0.1) is 18.6 Å². The van der Waals surface area contributed by atoms with E-state index in [0.29, 0.717) is 17.1 Å². The Morgan fingerprint density at radius 2 is 1.69 bits per heavy atom. The molecule has 0 fully saturated rings. The highest BCUT2D eigenvalue weighted by molar-refractivity contribution is 7.98. The average molecular weight is 407 g/mol. The number of nitrogens with zero attached hydrogens (tertiary/aromatic N) is 3. The molecule has 0 atom stereocenters. The maximum atomic E-state index is 14.0.